The van der Waals surface area contributed by atoms with Crippen LogP contribution in [-0.4, -0.2) is 50.9 Å². The van der Waals surface area contributed by atoms with Crippen LogP contribution in [0.1, 0.15) is 11.1 Å². The highest BCUT2D eigenvalue weighted by Crippen LogP contribution is 2.34. The predicted molar refractivity (Wildman–Crippen MR) is 111 cm³/mol. The van der Waals surface area contributed by atoms with Crippen molar-refractivity contribution in [1.82, 2.24) is 9.47 Å². The van der Waals surface area contributed by atoms with Crippen LogP contribution in [0.2, 0.25) is 0 Å². The molecule has 9 nitrogen and oxygen atoms in total. The lowest BCUT2D eigenvalue weighted by Crippen LogP contribution is -2.41. The number of carbonyl (C=O) groups excluding carboxylic acids is 1. The number of non-ortho nitro benzene ring substituents is 1. The van der Waals surface area contributed by atoms with E-state index in [4.69, 9.17) is 4.74 Å². The van der Waals surface area contributed by atoms with Gasteiger partial charge in [-0.1, -0.05) is 30.3 Å². The van der Waals surface area contributed by atoms with Crippen molar-refractivity contribution >= 4 is 28.4 Å². The Morgan fingerprint density at radius 2 is 2.03 bits per heavy atom. The Hall–Kier alpha value is -3.88. The van der Waals surface area contributed by atoms with E-state index in [1.807, 2.05) is 30.3 Å². The van der Waals surface area contributed by atoms with Crippen molar-refractivity contribution in [3.8, 4) is 5.88 Å². The third-order valence-corrected chi connectivity index (χ3v) is 5.13. The molecule has 9 heteroatoms. The number of rotatable bonds is 4. The fraction of sp³-hybridized carbons (Fsp3) is 0.238. The van der Waals surface area contributed by atoms with E-state index < -0.39 is 11.0 Å². The number of hydrogen-bond donors (Lipinski definition) is 1. The molecule has 0 fully saturated rings. The van der Waals surface area contributed by atoms with Crippen LogP contribution >= 0.6 is 0 Å². The van der Waals surface area contributed by atoms with E-state index in [9.17, 15) is 20.0 Å². The Balaban J connectivity index is 1.58. The van der Waals surface area contributed by atoms with Gasteiger partial charge in [-0.05, 0) is 11.6 Å². The third kappa shape index (κ3) is 3.57. The zero-order valence-electron chi connectivity index (χ0n) is 16.3. The van der Waals surface area contributed by atoms with Gasteiger partial charge in [0.05, 0.1) is 34.8 Å². The molecule has 2 aromatic carbocycles. The van der Waals surface area contributed by atoms with E-state index in [-0.39, 0.29) is 24.7 Å². The van der Waals surface area contributed by atoms with Gasteiger partial charge in [0.2, 0.25) is 5.88 Å². The molecule has 1 aliphatic heterocycles. The normalized spacial score (nSPS) is 13.9. The zero-order chi connectivity index (χ0) is 21.3. The molecule has 1 aromatic heterocycles. The monoisotopic (exact) mass is 408 g/mol. The maximum absolute atomic E-state index is 12.5. The first-order valence-electron chi connectivity index (χ1n) is 9.41. The summed E-state index contributed by atoms with van der Waals surface area (Å²) in [6, 6.07) is 13.8. The molecular formula is C21H20N4O5. The smallest absolute Gasteiger partial charge is 0.410 e. The molecule has 30 heavy (non-hydrogen) atoms. The van der Waals surface area contributed by atoms with Crippen molar-refractivity contribution < 1.29 is 19.6 Å². The summed E-state index contributed by atoms with van der Waals surface area (Å²) >= 11 is 0. The van der Waals surface area contributed by atoms with Crippen molar-refractivity contribution in [2.45, 2.75) is 6.61 Å². The number of aliphatic imine (C=N–C) groups is 1. The molecule has 4 rings (SSSR count). The number of aromatic hydroxyl groups is 1. The Morgan fingerprint density at radius 1 is 1.27 bits per heavy atom. The highest BCUT2D eigenvalue weighted by molar-refractivity contribution is 6.15. The first-order valence-corrected chi connectivity index (χ1v) is 9.41. The lowest BCUT2D eigenvalue weighted by Gasteiger charge is -2.26. The van der Waals surface area contributed by atoms with Gasteiger partial charge in [0.25, 0.3) is 5.69 Å². The lowest BCUT2D eigenvalue weighted by molar-refractivity contribution is -0.384. The number of nitro benzene ring substituents is 1. The van der Waals surface area contributed by atoms with Gasteiger partial charge in [-0.25, -0.2) is 4.79 Å². The van der Waals surface area contributed by atoms with Crippen LogP contribution in [0.3, 0.4) is 0 Å². The molecule has 1 aliphatic rings. The standard InChI is InChI=1S/C21H20N4O5/c1-23-18-8-7-15(25(28)29)11-16(18)19(20(23)26)17-12-24(10-9-22-17)21(27)30-13-14-5-3-2-4-6-14/h2-8,11,26H,9-10,12-13H2,1H3. The fourth-order valence-corrected chi connectivity index (χ4v) is 3.56. The summed E-state index contributed by atoms with van der Waals surface area (Å²) in [4.78, 5) is 29.2. The Labute approximate surface area is 172 Å². The van der Waals surface area contributed by atoms with Crippen LogP contribution in [0.4, 0.5) is 10.5 Å². The minimum Gasteiger partial charge on any atom is -0.494 e. The van der Waals surface area contributed by atoms with Crippen LogP contribution in [0, 0.1) is 10.1 Å². The van der Waals surface area contributed by atoms with Crippen molar-refractivity contribution in [2.75, 3.05) is 19.6 Å². The maximum atomic E-state index is 12.5. The summed E-state index contributed by atoms with van der Waals surface area (Å²) < 4.78 is 6.95. The molecule has 0 aliphatic carbocycles. The molecule has 0 spiro atoms. The summed E-state index contributed by atoms with van der Waals surface area (Å²) in [6.07, 6.45) is -0.475. The first-order chi connectivity index (χ1) is 14.5. The summed E-state index contributed by atoms with van der Waals surface area (Å²) in [6.45, 7) is 1.04. The molecule has 1 amide bonds. The molecule has 0 saturated carbocycles. The predicted octanol–water partition coefficient (Wildman–Crippen LogP) is 3.23. The SMILES string of the molecule is Cn1c(O)c(C2=NCCN(C(=O)OCc3ccccc3)C2)c2cc([N+](=O)[O-])ccc21. The Bertz CT molecular complexity index is 1150. The van der Waals surface area contributed by atoms with Crippen LogP contribution < -0.4 is 0 Å². The molecule has 3 aromatic rings. The number of fused-ring (bicyclic) bond motifs is 1. The molecule has 0 saturated heterocycles. The number of ether oxygens (including phenoxy) is 1. The molecular weight excluding hydrogens is 388 g/mol. The van der Waals surface area contributed by atoms with E-state index >= 15 is 0 Å². The number of aromatic nitrogens is 1. The second-order valence-electron chi connectivity index (χ2n) is 7.01. The summed E-state index contributed by atoms with van der Waals surface area (Å²) in [5.41, 5.74) is 2.33. The summed E-state index contributed by atoms with van der Waals surface area (Å²) in [5.74, 6) is -0.0521. The highest BCUT2D eigenvalue weighted by atomic mass is 16.6. The van der Waals surface area contributed by atoms with Crippen LogP contribution in [0.15, 0.2) is 53.5 Å². The number of carbonyl (C=O) groups is 1. The fourth-order valence-electron chi connectivity index (χ4n) is 3.56. The van der Waals surface area contributed by atoms with E-state index in [1.54, 1.807) is 17.7 Å². The van der Waals surface area contributed by atoms with Gasteiger partial charge in [-0.2, -0.15) is 0 Å². The number of benzene rings is 2. The van der Waals surface area contributed by atoms with Crippen LogP contribution in [0.25, 0.3) is 10.9 Å². The van der Waals surface area contributed by atoms with Crippen molar-refractivity contribution in [2.24, 2.45) is 12.0 Å². The largest absolute Gasteiger partial charge is 0.494 e. The van der Waals surface area contributed by atoms with Crippen LogP contribution in [0.5, 0.6) is 5.88 Å². The van der Waals surface area contributed by atoms with E-state index in [0.29, 0.717) is 35.3 Å². The number of nitro groups is 1. The maximum Gasteiger partial charge on any atom is 0.410 e. The van der Waals surface area contributed by atoms with Gasteiger partial charge in [-0.15, -0.1) is 0 Å². The Kier molecular flexibility index (Phi) is 5.09. The minimum atomic E-state index is -0.483. The van der Waals surface area contributed by atoms with Gasteiger partial charge in [0, 0.05) is 31.1 Å². The molecule has 0 radical (unpaired) electrons. The van der Waals surface area contributed by atoms with Gasteiger partial charge in [0.1, 0.15) is 6.61 Å². The van der Waals surface area contributed by atoms with E-state index in [1.165, 1.54) is 17.0 Å². The molecule has 0 bridgehead atoms. The molecule has 0 atom stereocenters. The second-order valence-corrected chi connectivity index (χ2v) is 7.01. The Morgan fingerprint density at radius 3 is 2.77 bits per heavy atom. The van der Waals surface area contributed by atoms with Crippen LogP contribution in [-0.2, 0) is 18.4 Å². The highest BCUT2D eigenvalue weighted by Gasteiger charge is 2.27. The number of nitrogens with zero attached hydrogens (tertiary/aromatic N) is 4. The summed E-state index contributed by atoms with van der Waals surface area (Å²) in [7, 11) is 1.67. The number of hydrogen-bond acceptors (Lipinski definition) is 6. The second kappa shape index (κ2) is 7.86. The van der Waals surface area contributed by atoms with Gasteiger partial charge in [0.15, 0.2) is 0 Å². The van der Waals surface area contributed by atoms with Gasteiger partial charge >= 0.3 is 6.09 Å². The topological polar surface area (TPSA) is 110 Å². The average molecular weight is 408 g/mol. The van der Waals surface area contributed by atoms with Crippen molar-refractivity contribution in [3.05, 3.63) is 69.8 Å². The van der Waals surface area contributed by atoms with Gasteiger partial charge < -0.3 is 19.3 Å². The summed E-state index contributed by atoms with van der Waals surface area (Å²) in [5, 5.41) is 22.4. The van der Waals surface area contributed by atoms with E-state index in [0.717, 1.165) is 5.56 Å². The number of aryl methyl sites for hydroxylation is 1. The lowest BCUT2D eigenvalue weighted by atomic mass is 10.1. The zero-order valence-corrected chi connectivity index (χ0v) is 16.3. The third-order valence-electron chi connectivity index (χ3n) is 5.13. The molecule has 2 heterocycles. The van der Waals surface area contributed by atoms with Crippen molar-refractivity contribution in [3.63, 3.8) is 0 Å². The quantitative estimate of drug-likeness (QED) is 0.526. The molecule has 1 N–H and O–H groups in total. The van der Waals surface area contributed by atoms with Crippen molar-refractivity contribution in [1.29, 1.82) is 0 Å². The average Bonchev–Trinajstić information content (AvgIpc) is 3.02. The molecule has 0 unspecified atom stereocenters. The molecule has 154 valence electrons. The van der Waals surface area contributed by atoms with E-state index in [2.05, 4.69) is 4.99 Å². The minimum absolute atomic E-state index is 0.0521. The first kappa shape index (κ1) is 19.4. The number of amides is 1. The van der Waals surface area contributed by atoms with Gasteiger partial charge in [-0.3, -0.25) is 15.1 Å².